The summed E-state index contributed by atoms with van der Waals surface area (Å²) in [5, 5.41) is 9.23. The molecule has 0 atom stereocenters. The van der Waals surface area contributed by atoms with Gasteiger partial charge in [-0.25, -0.2) is 4.79 Å². The second-order valence-electron chi connectivity index (χ2n) is 5.50. The molecule has 0 saturated heterocycles. The Labute approximate surface area is 112 Å². The Hall–Kier alpha value is -1.71. The van der Waals surface area contributed by atoms with E-state index >= 15 is 0 Å². The lowest BCUT2D eigenvalue weighted by Gasteiger charge is -2.31. The molecule has 0 amide bonds. The SMILES string of the molecule is Cc1cc(C(=O)O)c(C)c2c1OC1(CCCCC1)O2. The molecule has 19 heavy (non-hydrogen) atoms. The van der Waals surface area contributed by atoms with E-state index < -0.39 is 11.8 Å². The molecule has 3 rings (SSSR count). The van der Waals surface area contributed by atoms with E-state index in [9.17, 15) is 9.90 Å². The van der Waals surface area contributed by atoms with Crippen molar-refractivity contribution < 1.29 is 19.4 Å². The average Bonchev–Trinajstić information content (AvgIpc) is 2.74. The summed E-state index contributed by atoms with van der Waals surface area (Å²) >= 11 is 0. The highest BCUT2D eigenvalue weighted by molar-refractivity contribution is 5.91. The van der Waals surface area contributed by atoms with Gasteiger partial charge in [0.15, 0.2) is 11.5 Å². The molecule has 4 heteroatoms. The lowest BCUT2D eigenvalue weighted by Crippen LogP contribution is -2.40. The third kappa shape index (κ3) is 1.86. The number of ether oxygens (including phenoxy) is 2. The standard InChI is InChI=1S/C15H18O4/c1-9-8-11(14(16)17)10(2)13-12(9)18-15(19-13)6-4-3-5-7-15/h8H,3-7H2,1-2H3,(H,16,17). The Morgan fingerprint density at radius 2 is 1.79 bits per heavy atom. The zero-order valence-electron chi connectivity index (χ0n) is 11.3. The van der Waals surface area contributed by atoms with Gasteiger partial charge in [-0.15, -0.1) is 0 Å². The van der Waals surface area contributed by atoms with Crippen LogP contribution in [0, 0.1) is 13.8 Å². The topological polar surface area (TPSA) is 55.8 Å². The Balaban J connectivity index is 2.05. The molecule has 4 nitrogen and oxygen atoms in total. The lowest BCUT2D eigenvalue weighted by molar-refractivity contribution is -0.105. The average molecular weight is 262 g/mol. The summed E-state index contributed by atoms with van der Waals surface area (Å²) in [4.78, 5) is 11.2. The molecule has 1 saturated carbocycles. The maximum absolute atomic E-state index is 11.2. The van der Waals surface area contributed by atoms with Crippen molar-refractivity contribution in [1.29, 1.82) is 0 Å². The van der Waals surface area contributed by atoms with E-state index in [1.165, 1.54) is 6.42 Å². The molecule has 0 unspecified atom stereocenters. The number of rotatable bonds is 1. The summed E-state index contributed by atoms with van der Waals surface area (Å²) in [7, 11) is 0. The van der Waals surface area contributed by atoms with Gasteiger partial charge in [0.2, 0.25) is 0 Å². The molecule has 0 bridgehead atoms. The van der Waals surface area contributed by atoms with E-state index in [-0.39, 0.29) is 0 Å². The number of hydrogen-bond acceptors (Lipinski definition) is 3. The van der Waals surface area contributed by atoms with Crippen molar-refractivity contribution in [3.05, 3.63) is 22.8 Å². The molecular formula is C15H18O4. The number of aromatic carboxylic acids is 1. The fraction of sp³-hybridized carbons (Fsp3) is 0.533. The van der Waals surface area contributed by atoms with Crippen LogP contribution >= 0.6 is 0 Å². The van der Waals surface area contributed by atoms with Gasteiger partial charge < -0.3 is 14.6 Å². The fourth-order valence-electron chi connectivity index (χ4n) is 3.02. The molecule has 1 aliphatic carbocycles. The summed E-state index contributed by atoms with van der Waals surface area (Å²) in [6.45, 7) is 3.66. The maximum atomic E-state index is 11.2. The molecule has 0 aromatic heterocycles. The van der Waals surface area contributed by atoms with Crippen molar-refractivity contribution in [3.8, 4) is 11.5 Å². The smallest absolute Gasteiger partial charge is 0.336 e. The van der Waals surface area contributed by atoms with Crippen molar-refractivity contribution in [2.45, 2.75) is 51.7 Å². The van der Waals surface area contributed by atoms with Crippen LogP contribution in [0.1, 0.15) is 53.6 Å². The molecule has 102 valence electrons. The number of aryl methyl sites for hydroxylation is 1. The lowest BCUT2D eigenvalue weighted by atomic mass is 9.94. The second-order valence-corrected chi connectivity index (χ2v) is 5.50. The highest BCUT2D eigenvalue weighted by atomic mass is 16.7. The van der Waals surface area contributed by atoms with Crippen LogP contribution in [0.25, 0.3) is 0 Å². The molecule has 1 aliphatic heterocycles. The number of hydrogen-bond donors (Lipinski definition) is 1. The highest BCUT2D eigenvalue weighted by Gasteiger charge is 2.44. The van der Waals surface area contributed by atoms with Crippen molar-refractivity contribution >= 4 is 5.97 Å². The van der Waals surface area contributed by atoms with Crippen LogP contribution in [0.2, 0.25) is 0 Å². The van der Waals surface area contributed by atoms with Crippen LogP contribution < -0.4 is 9.47 Å². The number of carbonyl (C=O) groups is 1. The molecule has 2 aliphatic rings. The predicted octanol–water partition coefficient (Wildman–Crippen LogP) is 3.43. The predicted molar refractivity (Wildman–Crippen MR) is 69.9 cm³/mol. The van der Waals surface area contributed by atoms with Crippen molar-refractivity contribution in [3.63, 3.8) is 0 Å². The highest BCUT2D eigenvalue weighted by Crippen LogP contribution is 2.49. The Kier molecular flexibility index (Phi) is 2.69. The van der Waals surface area contributed by atoms with Gasteiger partial charge in [0.05, 0.1) is 5.56 Å². The van der Waals surface area contributed by atoms with Gasteiger partial charge in [0.1, 0.15) is 0 Å². The first-order valence-corrected chi connectivity index (χ1v) is 6.78. The van der Waals surface area contributed by atoms with Crippen LogP contribution in [-0.2, 0) is 0 Å². The van der Waals surface area contributed by atoms with Gasteiger partial charge in [-0.05, 0) is 38.3 Å². The monoisotopic (exact) mass is 262 g/mol. The molecule has 1 aromatic carbocycles. The normalized spacial score (nSPS) is 19.7. The molecule has 1 fully saturated rings. The van der Waals surface area contributed by atoms with Crippen molar-refractivity contribution in [1.82, 2.24) is 0 Å². The second kappa shape index (κ2) is 4.15. The fourth-order valence-corrected chi connectivity index (χ4v) is 3.02. The van der Waals surface area contributed by atoms with E-state index in [1.54, 1.807) is 13.0 Å². The quantitative estimate of drug-likeness (QED) is 0.842. The first kappa shape index (κ1) is 12.3. The number of fused-ring (bicyclic) bond motifs is 1. The van der Waals surface area contributed by atoms with Gasteiger partial charge in [0, 0.05) is 18.4 Å². The minimum absolute atomic E-state index is 0.299. The van der Waals surface area contributed by atoms with Crippen molar-refractivity contribution in [2.75, 3.05) is 0 Å². The van der Waals surface area contributed by atoms with Gasteiger partial charge in [-0.3, -0.25) is 0 Å². The zero-order valence-corrected chi connectivity index (χ0v) is 11.3. The Morgan fingerprint density at radius 3 is 2.42 bits per heavy atom. The molecule has 1 aromatic rings. The van der Waals surface area contributed by atoms with Crippen LogP contribution in [0.4, 0.5) is 0 Å². The number of carboxylic acid groups (broad SMARTS) is 1. The molecule has 1 heterocycles. The molecule has 0 radical (unpaired) electrons. The minimum atomic E-state index is -0.920. The summed E-state index contributed by atoms with van der Waals surface area (Å²) in [6.07, 6.45) is 5.16. The van der Waals surface area contributed by atoms with Gasteiger partial charge in [-0.2, -0.15) is 0 Å². The van der Waals surface area contributed by atoms with E-state index in [1.807, 2.05) is 6.92 Å². The first-order valence-electron chi connectivity index (χ1n) is 6.78. The van der Waals surface area contributed by atoms with Crippen LogP contribution in [0.3, 0.4) is 0 Å². The number of carboxylic acids is 1. The number of benzene rings is 1. The third-order valence-electron chi connectivity index (χ3n) is 4.09. The first-order chi connectivity index (χ1) is 9.02. The van der Waals surface area contributed by atoms with E-state index in [0.717, 1.165) is 37.0 Å². The largest absolute Gasteiger partial charge is 0.478 e. The summed E-state index contributed by atoms with van der Waals surface area (Å²) in [5.41, 5.74) is 1.80. The summed E-state index contributed by atoms with van der Waals surface area (Å²) < 4.78 is 12.1. The van der Waals surface area contributed by atoms with Crippen LogP contribution in [-0.4, -0.2) is 16.9 Å². The van der Waals surface area contributed by atoms with E-state index in [2.05, 4.69) is 0 Å². The maximum Gasteiger partial charge on any atom is 0.336 e. The summed E-state index contributed by atoms with van der Waals surface area (Å²) in [5.74, 6) is -0.118. The summed E-state index contributed by atoms with van der Waals surface area (Å²) in [6, 6.07) is 1.67. The van der Waals surface area contributed by atoms with Gasteiger partial charge >= 0.3 is 5.97 Å². The Bertz CT molecular complexity index is 542. The zero-order chi connectivity index (χ0) is 13.6. The van der Waals surface area contributed by atoms with Gasteiger partial charge in [0.25, 0.3) is 5.79 Å². The van der Waals surface area contributed by atoms with E-state index in [0.29, 0.717) is 16.9 Å². The minimum Gasteiger partial charge on any atom is -0.478 e. The van der Waals surface area contributed by atoms with E-state index in [4.69, 9.17) is 9.47 Å². The molecular weight excluding hydrogens is 244 g/mol. The molecule has 1 N–H and O–H groups in total. The molecule has 1 spiro atoms. The van der Waals surface area contributed by atoms with Gasteiger partial charge in [-0.1, -0.05) is 6.42 Å². The Morgan fingerprint density at radius 1 is 1.16 bits per heavy atom. The van der Waals surface area contributed by atoms with Crippen LogP contribution in [0.5, 0.6) is 11.5 Å². The van der Waals surface area contributed by atoms with Crippen molar-refractivity contribution in [2.24, 2.45) is 0 Å². The van der Waals surface area contributed by atoms with Crippen LogP contribution in [0.15, 0.2) is 6.07 Å². The third-order valence-corrected chi connectivity index (χ3v) is 4.09.